The summed E-state index contributed by atoms with van der Waals surface area (Å²) in [7, 11) is 1.49. The van der Waals surface area contributed by atoms with E-state index in [9.17, 15) is 25.0 Å². The average Bonchev–Trinajstić information content (AvgIpc) is 2.81. The van der Waals surface area contributed by atoms with Crippen molar-refractivity contribution in [2.45, 2.75) is 6.10 Å². The van der Waals surface area contributed by atoms with Gasteiger partial charge < -0.3 is 9.47 Å². The van der Waals surface area contributed by atoms with Gasteiger partial charge in [-0.3, -0.25) is 25.0 Å². The van der Waals surface area contributed by atoms with E-state index in [4.69, 9.17) is 9.47 Å². The second-order valence-corrected chi connectivity index (χ2v) is 6.99. The molecule has 0 spiro atoms. The lowest BCUT2D eigenvalue weighted by Gasteiger charge is -2.28. The average molecular weight is 432 g/mol. The van der Waals surface area contributed by atoms with Gasteiger partial charge in [-0.25, -0.2) is 0 Å². The number of non-ortho nitro benzene ring substituents is 2. The van der Waals surface area contributed by atoms with E-state index in [1.165, 1.54) is 55.6 Å². The van der Waals surface area contributed by atoms with Crippen LogP contribution in [0.25, 0.3) is 6.08 Å². The summed E-state index contributed by atoms with van der Waals surface area (Å²) in [6.07, 6.45) is 0.778. The van der Waals surface area contributed by atoms with Crippen molar-refractivity contribution in [2.24, 2.45) is 0 Å². The smallest absolute Gasteiger partial charge is 0.269 e. The van der Waals surface area contributed by atoms with Gasteiger partial charge in [-0.2, -0.15) is 0 Å². The number of nitro groups is 2. The van der Waals surface area contributed by atoms with Gasteiger partial charge in [-0.05, 0) is 59.7 Å². The maximum atomic E-state index is 13.4. The highest BCUT2D eigenvalue weighted by Crippen LogP contribution is 2.41. The molecule has 160 valence electrons. The third kappa shape index (κ3) is 3.91. The quantitative estimate of drug-likeness (QED) is 0.319. The molecule has 9 heteroatoms. The van der Waals surface area contributed by atoms with Crippen LogP contribution in [0.3, 0.4) is 0 Å². The molecule has 0 saturated heterocycles. The molecule has 0 amide bonds. The molecule has 4 rings (SSSR count). The number of fused-ring (bicyclic) bond motifs is 1. The predicted octanol–water partition coefficient (Wildman–Crippen LogP) is 4.91. The van der Waals surface area contributed by atoms with Gasteiger partial charge in [-0.15, -0.1) is 0 Å². The lowest BCUT2D eigenvalue weighted by atomic mass is 9.89. The van der Waals surface area contributed by atoms with Crippen LogP contribution in [-0.2, 0) is 0 Å². The fourth-order valence-corrected chi connectivity index (χ4v) is 3.41. The number of ketones is 1. The monoisotopic (exact) mass is 432 g/mol. The van der Waals surface area contributed by atoms with Gasteiger partial charge in [0.05, 0.1) is 22.5 Å². The van der Waals surface area contributed by atoms with Crippen molar-refractivity contribution < 1.29 is 24.1 Å². The van der Waals surface area contributed by atoms with E-state index in [0.717, 1.165) is 0 Å². The Balaban J connectivity index is 1.81. The van der Waals surface area contributed by atoms with Crippen LogP contribution in [0.2, 0.25) is 0 Å². The summed E-state index contributed by atoms with van der Waals surface area (Å²) in [5.41, 5.74) is 1.57. The van der Waals surface area contributed by atoms with E-state index in [2.05, 4.69) is 0 Å². The van der Waals surface area contributed by atoms with Crippen LogP contribution in [0.5, 0.6) is 11.5 Å². The van der Waals surface area contributed by atoms with Crippen molar-refractivity contribution in [3.8, 4) is 11.5 Å². The molecular weight excluding hydrogens is 416 g/mol. The van der Waals surface area contributed by atoms with Crippen molar-refractivity contribution in [1.82, 2.24) is 0 Å². The van der Waals surface area contributed by atoms with Gasteiger partial charge in [0.15, 0.2) is 11.9 Å². The van der Waals surface area contributed by atoms with Crippen LogP contribution in [0, 0.1) is 20.2 Å². The minimum atomic E-state index is -0.820. The van der Waals surface area contributed by atoms with E-state index in [1.54, 1.807) is 24.3 Å². The molecular formula is C23H16N2O7. The molecule has 0 N–H and O–H groups in total. The molecule has 1 unspecified atom stereocenters. The SMILES string of the molecule is COc1ccc2c(c1)C(=O)/C(=C/c1ccc([N+](=O)[O-])cc1)C(c1ccc([N+](=O)[O-])cc1)O2. The standard InChI is InChI=1S/C23H16N2O7/c1-31-18-10-11-21-19(13-18)22(26)20(12-14-2-6-16(7-3-14)24(27)28)23(32-21)15-4-8-17(9-5-15)25(29)30/h2-13,23H,1H3/b20-12-. The van der Waals surface area contributed by atoms with Crippen molar-refractivity contribution in [1.29, 1.82) is 0 Å². The van der Waals surface area contributed by atoms with Gasteiger partial charge in [0.1, 0.15) is 11.5 Å². The normalized spacial score (nSPS) is 16.2. The molecule has 1 aliphatic rings. The van der Waals surface area contributed by atoms with E-state index >= 15 is 0 Å². The minimum absolute atomic E-state index is 0.0691. The number of nitro benzene ring substituents is 2. The Bertz CT molecular complexity index is 1250. The number of rotatable bonds is 5. The molecule has 9 nitrogen and oxygen atoms in total. The second kappa shape index (κ2) is 8.31. The van der Waals surface area contributed by atoms with Crippen LogP contribution in [0.4, 0.5) is 11.4 Å². The third-order valence-electron chi connectivity index (χ3n) is 5.05. The van der Waals surface area contributed by atoms with Gasteiger partial charge in [0.2, 0.25) is 0 Å². The van der Waals surface area contributed by atoms with Crippen molar-refractivity contribution in [3.05, 3.63) is 109 Å². The first-order valence-corrected chi connectivity index (χ1v) is 9.47. The number of ether oxygens (including phenoxy) is 2. The summed E-state index contributed by atoms with van der Waals surface area (Å²) < 4.78 is 11.3. The largest absolute Gasteiger partial charge is 0.497 e. The first-order chi connectivity index (χ1) is 15.4. The Hall–Kier alpha value is -4.53. The molecule has 3 aromatic carbocycles. The van der Waals surface area contributed by atoms with Gasteiger partial charge in [-0.1, -0.05) is 0 Å². The Morgan fingerprint density at radius 3 is 2.06 bits per heavy atom. The van der Waals surface area contributed by atoms with E-state index < -0.39 is 16.0 Å². The number of Topliss-reactive ketones (excluding diaryl/α,β-unsaturated/α-hetero) is 1. The maximum absolute atomic E-state index is 13.4. The lowest BCUT2D eigenvalue weighted by Crippen LogP contribution is -2.24. The summed E-state index contributed by atoms with van der Waals surface area (Å²) in [5, 5.41) is 21.9. The number of nitrogens with zero attached hydrogens (tertiary/aromatic N) is 2. The molecule has 3 aromatic rings. The van der Waals surface area contributed by atoms with Crippen LogP contribution in [0.1, 0.15) is 27.6 Å². The van der Waals surface area contributed by atoms with Gasteiger partial charge in [0.25, 0.3) is 11.4 Å². The predicted molar refractivity (Wildman–Crippen MR) is 115 cm³/mol. The highest BCUT2D eigenvalue weighted by Gasteiger charge is 2.33. The molecule has 0 saturated carbocycles. The highest BCUT2D eigenvalue weighted by molar-refractivity contribution is 6.14. The number of carbonyl (C=O) groups is 1. The maximum Gasteiger partial charge on any atom is 0.269 e. The molecule has 0 radical (unpaired) electrons. The summed E-state index contributed by atoms with van der Waals surface area (Å²) in [5.74, 6) is 0.552. The highest BCUT2D eigenvalue weighted by atomic mass is 16.6. The molecule has 1 aliphatic heterocycles. The Morgan fingerprint density at radius 1 is 0.906 bits per heavy atom. The zero-order valence-corrected chi connectivity index (χ0v) is 16.8. The summed E-state index contributed by atoms with van der Waals surface area (Å²) in [6, 6.07) is 16.4. The Kier molecular flexibility index (Phi) is 5.38. The number of hydrogen-bond acceptors (Lipinski definition) is 7. The molecule has 1 atom stereocenters. The first kappa shape index (κ1) is 20.7. The zero-order chi connectivity index (χ0) is 22.8. The van der Waals surface area contributed by atoms with Crippen molar-refractivity contribution in [2.75, 3.05) is 7.11 Å². The minimum Gasteiger partial charge on any atom is -0.497 e. The van der Waals surface area contributed by atoms with Crippen LogP contribution in [0.15, 0.2) is 72.3 Å². The van der Waals surface area contributed by atoms with Crippen LogP contribution >= 0.6 is 0 Å². The number of methoxy groups -OCH3 is 1. The molecule has 0 aliphatic carbocycles. The number of carbonyl (C=O) groups excluding carboxylic acids is 1. The molecule has 1 heterocycles. The molecule has 0 bridgehead atoms. The van der Waals surface area contributed by atoms with Gasteiger partial charge in [0, 0.05) is 29.8 Å². The van der Waals surface area contributed by atoms with Gasteiger partial charge >= 0.3 is 0 Å². The van der Waals surface area contributed by atoms with Crippen LogP contribution < -0.4 is 9.47 Å². The Morgan fingerprint density at radius 2 is 1.50 bits per heavy atom. The molecule has 0 aromatic heterocycles. The summed E-state index contributed by atoms with van der Waals surface area (Å²) >= 11 is 0. The summed E-state index contributed by atoms with van der Waals surface area (Å²) in [6.45, 7) is 0. The first-order valence-electron chi connectivity index (χ1n) is 9.47. The lowest BCUT2D eigenvalue weighted by molar-refractivity contribution is -0.385. The fraction of sp³-hybridized carbons (Fsp3) is 0.0870. The second-order valence-electron chi connectivity index (χ2n) is 6.99. The van der Waals surface area contributed by atoms with E-state index in [0.29, 0.717) is 28.2 Å². The van der Waals surface area contributed by atoms with Crippen molar-refractivity contribution in [3.63, 3.8) is 0 Å². The third-order valence-corrected chi connectivity index (χ3v) is 5.05. The molecule has 32 heavy (non-hydrogen) atoms. The summed E-state index contributed by atoms with van der Waals surface area (Å²) in [4.78, 5) is 34.3. The topological polar surface area (TPSA) is 122 Å². The Labute approximate surface area is 181 Å². The molecule has 0 fully saturated rings. The van der Waals surface area contributed by atoms with Crippen molar-refractivity contribution >= 4 is 23.2 Å². The number of benzene rings is 3. The van der Waals surface area contributed by atoms with E-state index in [1.807, 2.05) is 0 Å². The zero-order valence-electron chi connectivity index (χ0n) is 16.8. The fourth-order valence-electron chi connectivity index (χ4n) is 3.41. The number of hydrogen-bond donors (Lipinski definition) is 0. The van der Waals surface area contributed by atoms with E-state index in [-0.39, 0.29) is 22.7 Å². The van der Waals surface area contributed by atoms with Crippen LogP contribution in [-0.4, -0.2) is 22.7 Å².